The summed E-state index contributed by atoms with van der Waals surface area (Å²) in [6, 6.07) is 4.40. The summed E-state index contributed by atoms with van der Waals surface area (Å²) < 4.78 is 41.7. The number of nitrogens with two attached hydrogens (primary N) is 1. The van der Waals surface area contributed by atoms with E-state index in [9.17, 15) is 12.8 Å². The topological polar surface area (TPSA) is 69.4 Å². The van der Waals surface area contributed by atoms with Crippen molar-refractivity contribution in [2.24, 2.45) is 16.5 Å². The minimum Gasteiger partial charge on any atom is -0.493 e. The maximum Gasteiger partial charge on any atom is 0.209 e. The van der Waals surface area contributed by atoms with Crippen LogP contribution in [0.5, 0.6) is 5.75 Å². The van der Waals surface area contributed by atoms with Gasteiger partial charge in [-0.1, -0.05) is 20.8 Å². The van der Waals surface area contributed by atoms with E-state index in [1.165, 1.54) is 12.1 Å². The highest BCUT2D eigenvalue weighted by Gasteiger charge is 2.29. The second kappa shape index (κ2) is 6.41. The molecule has 0 spiro atoms. The van der Waals surface area contributed by atoms with Crippen LogP contribution in [0.25, 0.3) is 0 Å². The third kappa shape index (κ3) is 5.76. The number of ether oxygens (including phenoxy) is 1. The molecule has 7 heteroatoms. The largest absolute Gasteiger partial charge is 0.493 e. The van der Waals surface area contributed by atoms with Crippen LogP contribution in [-0.4, -0.2) is 20.8 Å². The van der Waals surface area contributed by atoms with E-state index in [1.54, 1.807) is 6.07 Å². The fourth-order valence-electron chi connectivity index (χ4n) is 1.59. The van der Waals surface area contributed by atoms with Crippen molar-refractivity contribution in [3.8, 4) is 5.75 Å². The van der Waals surface area contributed by atoms with Gasteiger partial charge in [0, 0.05) is 12.0 Å². The van der Waals surface area contributed by atoms with Crippen molar-refractivity contribution in [2.75, 3.05) is 12.4 Å². The van der Waals surface area contributed by atoms with Gasteiger partial charge in [0.2, 0.25) is 10.0 Å². The molecule has 1 aromatic carbocycles. The summed E-state index contributed by atoms with van der Waals surface area (Å²) >= 11 is 3.05. The van der Waals surface area contributed by atoms with Gasteiger partial charge in [-0.3, -0.25) is 0 Å². The first-order valence-corrected chi connectivity index (χ1v) is 8.58. The van der Waals surface area contributed by atoms with Gasteiger partial charge >= 0.3 is 0 Å². The summed E-state index contributed by atoms with van der Waals surface area (Å²) in [5.74, 6) is -0.532. The molecule has 0 aliphatic carbocycles. The minimum atomic E-state index is -3.59. The lowest BCUT2D eigenvalue weighted by Gasteiger charge is -2.29. The van der Waals surface area contributed by atoms with Crippen molar-refractivity contribution in [1.29, 1.82) is 0 Å². The maximum atomic E-state index is 13.4. The molecule has 1 rings (SSSR count). The molecule has 1 unspecified atom stereocenters. The highest BCUT2D eigenvalue weighted by molar-refractivity contribution is 9.10. The molecule has 114 valence electrons. The van der Waals surface area contributed by atoms with Gasteiger partial charge in [0.15, 0.2) is 0 Å². The Balaban J connectivity index is 2.78. The Labute approximate surface area is 127 Å². The van der Waals surface area contributed by atoms with E-state index < -0.39 is 15.8 Å². The van der Waals surface area contributed by atoms with Crippen LogP contribution in [0.4, 0.5) is 4.39 Å². The monoisotopic (exact) mass is 367 g/mol. The molecule has 0 heterocycles. The highest BCUT2D eigenvalue weighted by atomic mass is 79.9. The summed E-state index contributed by atoms with van der Waals surface area (Å²) in [4.78, 5) is 0. The average Bonchev–Trinajstić information content (AvgIpc) is 2.26. The summed E-state index contributed by atoms with van der Waals surface area (Å²) in [5.41, 5.74) is -0.291. The predicted octanol–water partition coefficient (Wildman–Crippen LogP) is 2.92. The quantitative estimate of drug-likeness (QED) is 0.869. The fraction of sp³-hybridized carbons (Fsp3) is 0.538. The summed E-state index contributed by atoms with van der Waals surface area (Å²) in [6.45, 7) is 5.89. The zero-order chi connectivity index (χ0) is 15.6. The van der Waals surface area contributed by atoms with Crippen molar-refractivity contribution in [2.45, 2.75) is 20.8 Å². The number of hydrogen-bond acceptors (Lipinski definition) is 3. The van der Waals surface area contributed by atoms with Crippen LogP contribution in [0, 0.1) is 17.2 Å². The number of hydrogen-bond donors (Lipinski definition) is 1. The normalized spacial score (nSPS) is 14.1. The standard InChI is InChI=1S/C13H19BrFNO3S/c1-13(2,3)9(8-20(16,17)18)7-19-10-4-5-11(14)12(15)6-10/h4-6,9H,7-8H2,1-3H3,(H2,16,17,18). The lowest BCUT2D eigenvalue weighted by molar-refractivity contribution is 0.163. The van der Waals surface area contributed by atoms with Crippen molar-refractivity contribution in [3.63, 3.8) is 0 Å². The van der Waals surface area contributed by atoms with E-state index in [0.29, 0.717) is 10.2 Å². The van der Waals surface area contributed by atoms with Crippen molar-refractivity contribution < 1.29 is 17.5 Å². The van der Waals surface area contributed by atoms with Gasteiger partial charge in [0.25, 0.3) is 0 Å². The molecule has 0 amide bonds. The number of sulfonamides is 1. The lowest BCUT2D eigenvalue weighted by Crippen LogP contribution is -2.35. The molecule has 0 aliphatic heterocycles. The van der Waals surface area contributed by atoms with E-state index in [2.05, 4.69) is 15.9 Å². The molecule has 4 nitrogen and oxygen atoms in total. The Kier molecular flexibility index (Phi) is 5.57. The van der Waals surface area contributed by atoms with Crippen LogP contribution < -0.4 is 9.88 Å². The first-order chi connectivity index (χ1) is 8.99. The first-order valence-electron chi connectivity index (χ1n) is 6.07. The molecule has 0 fully saturated rings. The molecule has 0 radical (unpaired) electrons. The highest BCUT2D eigenvalue weighted by Crippen LogP contribution is 2.28. The predicted molar refractivity (Wildman–Crippen MR) is 80.5 cm³/mol. The number of benzene rings is 1. The van der Waals surface area contributed by atoms with E-state index in [1.807, 2.05) is 20.8 Å². The zero-order valence-electron chi connectivity index (χ0n) is 11.7. The van der Waals surface area contributed by atoms with Gasteiger partial charge in [-0.25, -0.2) is 17.9 Å². The van der Waals surface area contributed by atoms with Crippen molar-refractivity contribution >= 4 is 26.0 Å². The summed E-state index contributed by atoms with van der Waals surface area (Å²) in [5, 5.41) is 5.10. The Hall–Kier alpha value is -0.660. The SMILES string of the molecule is CC(C)(C)C(COc1ccc(Br)c(F)c1)CS(N)(=O)=O. The Morgan fingerprint density at radius 1 is 1.40 bits per heavy atom. The Bertz CT molecular complexity index is 569. The molecule has 1 aromatic rings. The third-order valence-corrected chi connectivity index (χ3v) is 4.51. The van der Waals surface area contributed by atoms with Crippen LogP contribution in [0.2, 0.25) is 0 Å². The average molecular weight is 368 g/mol. The summed E-state index contributed by atoms with van der Waals surface area (Å²) in [6.07, 6.45) is 0. The molecule has 0 bridgehead atoms. The van der Waals surface area contributed by atoms with E-state index in [4.69, 9.17) is 9.88 Å². The van der Waals surface area contributed by atoms with Gasteiger partial charge in [-0.05, 0) is 33.5 Å². The van der Waals surface area contributed by atoms with Crippen LogP contribution in [0.15, 0.2) is 22.7 Å². The molecule has 0 aromatic heterocycles. The smallest absolute Gasteiger partial charge is 0.209 e. The third-order valence-electron chi connectivity index (χ3n) is 3.00. The summed E-state index contributed by atoms with van der Waals surface area (Å²) in [7, 11) is -3.59. The second-order valence-corrected chi connectivity index (χ2v) is 8.29. The molecule has 20 heavy (non-hydrogen) atoms. The zero-order valence-corrected chi connectivity index (χ0v) is 14.1. The van der Waals surface area contributed by atoms with Crippen LogP contribution in [0.3, 0.4) is 0 Å². The van der Waals surface area contributed by atoms with Gasteiger partial charge in [0.05, 0.1) is 16.8 Å². The number of halogens is 2. The molecule has 2 N–H and O–H groups in total. The van der Waals surface area contributed by atoms with Gasteiger partial charge in [0.1, 0.15) is 11.6 Å². The van der Waals surface area contributed by atoms with Crippen molar-refractivity contribution in [3.05, 3.63) is 28.5 Å². The molecule has 0 saturated carbocycles. The molecular weight excluding hydrogens is 349 g/mol. The van der Waals surface area contributed by atoms with Crippen LogP contribution >= 0.6 is 15.9 Å². The first kappa shape index (κ1) is 17.4. The number of rotatable bonds is 5. The lowest BCUT2D eigenvalue weighted by atomic mass is 9.82. The molecule has 0 saturated heterocycles. The second-order valence-electron chi connectivity index (χ2n) is 5.78. The van der Waals surface area contributed by atoms with E-state index in [0.717, 1.165) is 0 Å². The van der Waals surface area contributed by atoms with Gasteiger partial charge in [-0.2, -0.15) is 0 Å². The van der Waals surface area contributed by atoms with E-state index >= 15 is 0 Å². The Morgan fingerprint density at radius 3 is 2.45 bits per heavy atom. The maximum absolute atomic E-state index is 13.4. The molecule has 1 atom stereocenters. The van der Waals surface area contributed by atoms with Crippen molar-refractivity contribution in [1.82, 2.24) is 0 Å². The van der Waals surface area contributed by atoms with Gasteiger partial charge < -0.3 is 4.74 Å². The number of primary sulfonamides is 1. The molecule has 0 aliphatic rings. The fourth-order valence-corrected chi connectivity index (χ4v) is 3.00. The van der Waals surface area contributed by atoms with Gasteiger partial charge in [-0.15, -0.1) is 0 Å². The minimum absolute atomic E-state index is 0.154. The Morgan fingerprint density at radius 2 is 2.00 bits per heavy atom. The van der Waals surface area contributed by atoms with Crippen LogP contribution in [-0.2, 0) is 10.0 Å². The van der Waals surface area contributed by atoms with Crippen LogP contribution in [0.1, 0.15) is 20.8 Å². The molecular formula is C13H19BrFNO3S. The van der Waals surface area contributed by atoms with E-state index in [-0.39, 0.29) is 23.7 Å².